The van der Waals surface area contributed by atoms with Gasteiger partial charge >= 0.3 is 0 Å². The molecule has 1 heterocycles. The van der Waals surface area contributed by atoms with Crippen LogP contribution in [0.2, 0.25) is 0 Å². The molecule has 0 spiro atoms. The third-order valence-corrected chi connectivity index (χ3v) is 4.01. The lowest BCUT2D eigenvalue weighted by molar-refractivity contribution is 0.148. The first kappa shape index (κ1) is 14.5. The maximum atomic E-state index is 5.19. The monoisotopic (exact) mass is 262 g/mol. The van der Waals surface area contributed by atoms with Gasteiger partial charge < -0.3 is 10.1 Å². The van der Waals surface area contributed by atoms with E-state index >= 15 is 0 Å². The Labute approximate surface area is 116 Å². The van der Waals surface area contributed by atoms with Gasteiger partial charge in [0.2, 0.25) is 0 Å². The maximum Gasteiger partial charge on any atom is 0.0605 e. The molecule has 0 fully saturated rings. The molecule has 1 aliphatic carbocycles. The zero-order valence-corrected chi connectivity index (χ0v) is 12.4. The highest BCUT2D eigenvalue weighted by Crippen LogP contribution is 2.29. The highest BCUT2D eigenvalue weighted by Gasteiger charge is 2.24. The first-order valence-electron chi connectivity index (χ1n) is 7.28. The number of nitrogens with one attached hydrogen (secondary N) is 1. The van der Waals surface area contributed by atoms with E-state index in [4.69, 9.17) is 4.74 Å². The number of nitrogens with zero attached hydrogens (tertiary/aromatic N) is 1. The lowest BCUT2D eigenvalue weighted by atomic mass is 9.87. The Kier molecular flexibility index (Phi) is 4.94. The van der Waals surface area contributed by atoms with Crippen LogP contribution in [0, 0.1) is 5.41 Å². The summed E-state index contributed by atoms with van der Waals surface area (Å²) in [4.78, 5) is 4.58. The van der Waals surface area contributed by atoms with Crippen molar-refractivity contribution in [3.05, 3.63) is 29.6 Å². The largest absolute Gasteiger partial charge is 0.385 e. The number of methoxy groups -OCH3 is 1. The number of fused-ring (bicyclic) bond motifs is 1. The molecule has 1 atom stereocenters. The van der Waals surface area contributed by atoms with Gasteiger partial charge in [0.15, 0.2) is 0 Å². The normalized spacial score (nSPS) is 19.2. The average Bonchev–Trinajstić information content (AvgIpc) is 2.43. The zero-order valence-electron chi connectivity index (χ0n) is 12.4. The minimum atomic E-state index is 0.266. The maximum absolute atomic E-state index is 5.19. The SMILES string of the molecule is COCCC(C)(C)CNC1CCCc2cccnc21. The summed E-state index contributed by atoms with van der Waals surface area (Å²) in [7, 11) is 1.77. The molecule has 1 aromatic rings. The Morgan fingerprint density at radius 3 is 3.11 bits per heavy atom. The lowest BCUT2D eigenvalue weighted by Gasteiger charge is -2.30. The fourth-order valence-corrected chi connectivity index (χ4v) is 2.67. The molecule has 0 bridgehead atoms. The number of hydrogen-bond donors (Lipinski definition) is 1. The molecule has 3 nitrogen and oxygen atoms in total. The topological polar surface area (TPSA) is 34.1 Å². The van der Waals surface area contributed by atoms with Crippen LogP contribution >= 0.6 is 0 Å². The van der Waals surface area contributed by atoms with E-state index in [-0.39, 0.29) is 5.41 Å². The van der Waals surface area contributed by atoms with Crippen molar-refractivity contribution < 1.29 is 4.74 Å². The van der Waals surface area contributed by atoms with Crippen LogP contribution in [0.4, 0.5) is 0 Å². The molecule has 0 aliphatic heterocycles. The number of aromatic nitrogens is 1. The van der Waals surface area contributed by atoms with Crippen LogP contribution in [0.25, 0.3) is 0 Å². The zero-order chi connectivity index (χ0) is 13.7. The second-order valence-electron chi connectivity index (χ2n) is 6.28. The van der Waals surface area contributed by atoms with Crippen LogP contribution in [0.5, 0.6) is 0 Å². The van der Waals surface area contributed by atoms with Crippen LogP contribution < -0.4 is 5.32 Å². The van der Waals surface area contributed by atoms with Crippen LogP contribution in [0.3, 0.4) is 0 Å². The van der Waals surface area contributed by atoms with Crippen molar-refractivity contribution in [3.63, 3.8) is 0 Å². The molecule has 3 heteroatoms. The van der Waals surface area contributed by atoms with Gasteiger partial charge in [0, 0.05) is 32.5 Å². The summed E-state index contributed by atoms with van der Waals surface area (Å²) in [5.74, 6) is 0. The van der Waals surface area contributed by atoms with Gasteiger partial charge in [-0.25, -0.2) is 0 Å². The molecule has 0 radical (unpaired) electrons. The number of pyridine rings is 1. The van der Waals surface area contributed by atoms with E-state index in [1.54, 1.807) is 7.11 Å². The Morgan fingerprint density at radius 2 is 2.32 bits per heavy atom. The predicted molar refractivity (Wildman–Crippen MR) is 78.2 cm³/mol. The predicted octanol–water partition coefficient (Wildman–Crippen LogP) is 3.11. The van der Waals surface area contributed by atoms with Gasteiger partial charge in [-0.05, 0) is 42.7 Å². The van der Waals surface area contributed by atoms with E-state index in [0.717, 1.165) is 19.6 Å². The molecule has 19 heavy (non-hydrogen) atoms. The number of ether oxygens (including phenoxy) is 1. The van der Waals surface area contributed by atoms with E-state index < -0.39 is 0 Å². The first-order valence-corrected chi connectivity index (χ1v) is 7.28. The van der Waals surface area contributed by atoms with Crippen LogP contribution in [0.1, 0.15) is 50.4 Å². The summed E-state index contributed by atoms with van der Waals surface area (Å²) >= 11 is 0. The molecule has 106 valence electrons. The molecule has 0 saturated carbocycles. The van der Waals surface area contributed by atoms with Crippen molar-refractivity contribution in [1.82, 2.24) is 10.3 Å². The standard InChI is InChI=1S/C16H26N2O/c1-16(2,9-11-19-3)12-18-14-8-4-6-13-7-5-10-17-15(13)14/h5,7,10,14,18H,4,6,8-9,11-12H2,1-3H3. The van der Waals surface area contributed by atoms with Gasteiger partial charge in [-0.1, -0.05) is 19.9 Å². The third-order valence-electron chi connectivity index (χ3n) is 4.01. The van der Waals surface area contributed by atoms with Crippen LogP contribution in [-0.4, -0.2) is 25.2 Å². The minimum Gasteiger partial charge on any atom is -0.385 e. The molecular weight excluding hydrogens is 236 g/mol. The summed E-state index contributed by atoms with van der Waals surface area (Å²) in [6, 6.07) is 4.68. The van der Waals surface area contributed by atoms with Gasteiger partial charge in [-0.3, -0.25) is 4.98 Å². The van der Waals surface area contributed by atoms with Gasteiger partial charge in [0.05, 0.1) is 5.69 Å². The molecular formula is C16H26N2O. The van der Waals surface area contributed by atoms with Crippen molar-refractivity contribution >= 4 is 0 Å². The first-order chi connectivity index (χ1) is 9.12. The second kappa shape index (κ2) is 6.49. The smallest absolute Gasteiger partial charge is 0.0605 e. The van der Waals surface area contributed by atoms with E-state index in [0.29, 0.717) is 6.04 Å². The van der Waals surface area contributed by atoms with E-state index in [1.807, 2.05) is 12.3 Å². The van der Waals surface area contributed by atoms with Crippen molar-refractivity contribution in [1.29, 1.82) is 0 Å². The molecule has 1 unspecified atom stereocenters. The summed E-state index contributed by atoms with van der Waals surface area (Å²) in [6.07, 6.45) is 6.63. The van der Waals surface area contributed by atoms with Gasteiger partial charge in [0.25, 0.3) is 0 Å². The van der Waals surface area contributed by atoms with Gasteiger partial charge in [-0.15, -0.1) is 0 Å². The number of rotatable bonds is 6. The summed E-state index contributed by atoms with van der Waals surface area (Å²) in [6.45, 7) is 6.42. The van der Waals surface area contributed by atoms with E-state index in [1.165, 1.54) is 30.5 Å². The highest BCUT2D eigenvalue weighted by molar-refractivity contribution is 5.25. The van der Waals surface area contributed by atoms with Crippen molar-refractivity contribution in [2.45, 2.75) is 45.6 Å². The molecule has 0 amide bonds. The van der Waals surface area contributed by atoms with Gasteiger partial charge in [0.1, 0.15) is 0 Å². The summed E-state index contributed by atoms with van der Waals surface area (Å²) in [5.41, 5.74) is 2.94. The third kappa shape index (κ3) is 4.02. The fraction of sp³-hybridized carbons (Fsp3) is 0.688. The Bertz CT molecular complexity index is 403. The van der Waals surface area contributed by atoms with Crippen molar-refractivity contribution in [3.8, 4) is 0 Å². The minimum absolute atomic E-state index is 0.266. The number of hydrogen-bond acceptors (Lipinski definition) is 3. The van der Waals surface area contributed by atoms with Gasteiger partial charge in [-0.2, -0.15) is 0 Å². The van der Waals surface area contributed by atoms with Crippen molar-refractivity contribution in [2.75, 3.05) is 20.3 Å². The number of aryl methyl sites for hydroxylation is 1. The Morgan fingerprint density at radius 1 is 1.47 bits per heavy atom. The van der Waals surface area contributed by atoms with Crippen LogP contribution in [-0.2, 0) is 11.2 Å². The molecule has 1 N–H and O–H groups in total. The molecule has 1 aliphatic rings. The van der Waals surface area contributed by atoms with E-state index in [9.17, 15) is 0 Å². The fourth-order valence-electron chi connectivity index (χ4n) is 2.67. The molecule has 2 rings (SSSR count). The summed E-state index contributed by atoms with van der Waals surface area (Å²) in [5, 5.41) is 3.71. The molecule has 1 aromatic heterocycles. The van der Waals surface area contributed by atoms with Crippen molar-refractivity contribution in [2.24, 2.45) is 5.41 Å². The Hall–Kier alpha value is -0.930. The molecule has 0 aromatic carbocycles. The molecule has 0 saturated heterocycles. The van der Waals surface area contributed by atoms with Crippen LogP contribution in [0.15, 0.2) is 18.3 Å². The average molecular weight is 262 g/mol. The highest BCUT2D eigenvalue weighted by atomic mass is 16.5. The summed E-state index contributed by atoms with van der Waals surface area (Å²) < 4.78 is 5.19. The second-order valence-corrected chi connectivity index (χ2v) is 6.28. The lowest BCUT2D eigenvalue weighted by Crippen LogP contribution is -2.35. The quantitative estimate of drug-likeness (QED) is 0.855. The van der Waals surface area contributed by atoms with E-state index in [2.05, 4.69) is 30.2 Å². The Balaban J connectivity index is 1.94.